The van der Waals surface area contributed by atoms with Crippen molar-refractivity contribution in [2.24, 2.45) is 0 Å². The first-order chi connectivity index (χ1) is 11.0. The zero-order valence-corrected chi connectivity index (χ0v) is 12.1. The highest BCUT2D eigenvalue weighted by Gasteiger charge is 2.18. The second kappa shape index (κ2) is 5.49. The van der Waals surface area contributed by atoms with E-state index in [2.05, 4.69) is 5.32 Å². The molecular formula is C17H12NO5-. The lowest BCUT2D eigenvalue weighted by Crippen LogP contribution is -2.12. The van der Waals surface area contributed by atoms with Gasteiger partial charge in [-0.15, -0.1) is 5.75 Å². The topological polar surface area (TPSA) is 103 Å². The number of carbonyl (C=O) groups is 2. The largest absolute Gasteiger partial charge is 0.872 e. The van der Waals surface area contributed by atoms with Gasteiger partial charge in [0.15, 0.2) is 0 Å². The molecule has 1 heterocycles. The van der Waals surface area contributed by atoms with Crippen LogP contribution in [0.5, 0.6) is 5.75 Å². The van der Waals surface area contributed by atoms with Crippen LogP contribution in [0, 0.1) is 6.92 Å². The fraction of sp³-hybridized carbons (Fsp3) is 0.0588. The molecule has 0 fully saturated rings. The summed E-state index contributed by atoms with van der Waals surface area (Å²) in [5.41, 5.74) is 1.34. The molecule has 23 heavy (non-hydrogen) atoms. The highest BCUT2D eigenvalue weighted by atomic mass is 16.4. The maximum Gasteiger partial charge on any atom is 0.335 e. The van der Waals surface area contributed by atoms with E-state index in [0.29, 0.717) is 28.0 Å². The fourth-order valence-corrected chi connectivity index (χ4v) is 2.37. The summed E-state index contributed by atoms with van der Waals surface area (Å²) in [6, 6.07) is 10.0. The molecule has 0 aliphatic carbocycles. The normalized spacial score (nSPS) is 10.7. The van der Waals surface area contributed by atoms with Gasteiger partial charge in [-0.2, -0.15) is 0 Å². The Hall–Kier alpha value is -3.28. The van der Waals surface area contributed by atoms with Crippen LogP contribution in [0.1, 0.15) is 26.5 Å². The van der Waals surface area contributed by atoms with E-state index in [0.717, 1.165) is 0 Å². The number of hydrogen-bond donors (Lipinski definition) is 2. The van der Waals surface area contributed by atoms with Crippen molar-refractivity contribution >= 4 is 28.5 Å². The summed E-state index contributed by atoms with van der Waals surface area (Å²) >= 11 is 0. The average Bonchev–Trinajstić information content (AvgIpc) is 2.83. The molecule has 1 amide bonds. The number of furan rings is 1. The Morgan fingerprint density at radius 3 is 2.48 bits per heavy atom. The summed E-state index contributed by atoms with van der Waals surface area (Å²) in [6.07, 6.45) is 0. The molecule has 2 N–H and O–H groups in total. The van der Waals surface area contributed by atoms with Crippen LogP contribution in [0.15, 0.2) is 46.9 Å². The molecule has 0 aliphatic heterocycles. The molecule has 3 rings (SSSR count). The number of carboxylic acids is 1. The number of benzene rings is 2. The van der Waals surface area contributed by atoms with Gasteiger partial charge in [0.25, 0.3) is 5.91 Å². The van der Waals surface area contributed by atoms with E-state index in [1.165, 1.54) is 42.5 Å². The maximum atomic E-state index is 12.5. The van der Waals surface area contributed by atoms with Gasteiger partial charge in [0.2, 0.25) is 0 Å². The molecule has 116 valence electrons. The fourth-order valence-electron chi connectivity index (χ4n) is 2.37. The summed E-state index contributed by atoms with van der Waals surface area (Å²) < 4.78 is 5.49. The van der Waals surface area contributed by atoms with Gasteiger partial charge < -0.3 is 19.9 Å². The van der Waals surface area contributed by atoms with Gasteiger partial charge in [-0.25, -0.2) is 4.79 Å². The molecule has 0 saturated heterocycles. The van der Waals surface area contributed by atoms with Crippen LogP contribution in [-0.2, 0) is 0 Å². The smallest absolute Gasteiger partial charge is 0.335 e. The molecule has 0 bridgehead atoms. The third kappa shape index (κ3) is 2.74. The number of anilines is 1. The molecule has 3 aromatic rings. The van der Waals surface area contributed by atoms with Crippen molar-refractivity contribution in [3.05, 3.63) is 59.4 Å². The van der Waals surface area contributed by atoms with Crippen molar-refractivity contribution in [3.8, 4) is 5.75 Å². The Kier molecular flexibility index (Phi) is 3.50. The molecule has 0 aliphatic rings. The predicted molar refractivity (Wildman–Crippen MR) is 81.8 cm³/mol. The zero-order valence-electron chi connectivity index (χ0n) is 12.1. The molecule has 0 atom stereocenters. The quantitative estimate of drug-likeness (QED) is 0.774. The van der Waals surface area contributed by atoms with E-state index in [1.54, 1.807) is 6.92 Å². The van der Waals surface area contributed by atoms with Gasteiger partial charge in [0, 0.05) is 11.1 Å². The molecule has 0 saturated carbocycles. The van der Waals surface area contributed by atoms with Crippen molar-refractivity contribution in [2.45, 2.75) is 6.92 Å². The molecule has 0 spiro atoms. The maximum absolute atomic E-state index is 12.5. The van der Waals surface area contributed by atoms with Crippen molar-refractivity contribution in [1.82, 2.24) is 0 Å². The second-order valence-corrected chi connectivity index (χ2v) is 5.03. The summed E-state index contributed by atoms with van der Waals surface area (Å²) in [7, 11) is 0. The highest BCUT2D eigenvalue weighted by molar-refractivity contribution is 6.13. The van der Waals surface area contributed by atoms with Gasteiger partial charge >= 0.3 is 5.97 Å². The molecular weight excluding hydrogens is 298 g/mol. The van der Waals surface area contributed by atoms with E-state index in [4.69, 9.17) is 9.52 Å². The predicted octanol–water partition coefficient (Wildman–Crippen LogP) is 2.77. The number of amides is 1. The van der Waals surface area contributed by atoms with E-state index in [1.807, 2.05) is 0 Å². The molecule has 1 aromatic heterocycles. The number of hydrogen-bond acceptors (Lipinski definition) is 4. The summed E-state index contributed by atoms with van der Waals surface area (Å²) in [4.78, 5) is 23.3. The number of nitrogens with one attached hydrogen (secondary N) is 1. The molecule has 0 unspecified atom stereocenters. The number of aromatic carboxylic acids is 1. The lowest BCUT2D eigenvalue weighted by molar-refractivity contribution is -0.268. The number of fused-ring (bicyclic) bond motifs is 1. The summed E-state index contributed by atoms with van der Waals surface area (Å²) in [5, 5.41) is 23.5. The van der Waals surface area contributed by atoms with Crippen molar-refractivity contribution in [1.29, 1.82) is 0 Å². The van der Waals surface area contributed by atoms with E-state index in [9.17, 15) is 14.7 Å². The Balaban J connectivity index is 1.93. The van der Waals surface area contributed by atoms with Crippen LogP contribution in [0.3, 0.4) is 0 Å². The average molecular weight is 310 g/mol. The minimum Gasteiger partial charge on any atom is -0.872 e. The van der Waals surface area contributed by atoms with E-state index in [-0.39, 0.29) is 11.3 Å². The Labute approximate surface area is 131 Å². The number of carboxylic acid groups (broad SMARTS) is 1. The van der Waals surface area contributed by atoms with Gasteiger partial charge in [-0.3, -0.25) is 4.79 Å². The Morgan fingerprint density at radius 2 is 1.83 bits per heavy atom. The minimum absolute atomic E-state index is 0.129. The first-order valence-corrected chi connectivity index (χ1v) is 6.80. The van der Waals surface area contributed by atoms with Gasteiger partial charge in [-0.05, 0) is 37.3 Å². The van der Waals surface area contributed by atoms with Crippen LogP contribution in [0.25, 0.3) is 11.0 Å². The third-order valence-electron chi connectivity index (χ3n) is 3.45. The SMILES string of the molecule is Cc1oc2ccc([O-])cc2c1C(=O)Nc1ccc(C(=O)O)cc1. The van der Waals surface area contributed by atoms with Crippen LogP contribution in [0.2, 0.25) is 0 Å². The van der Waals surface area contributed by atoms with Crippen molar-refractivity contribution in [2.75, 3.05) is 5.32 Å². The number of rotatable bonds is 3. The summed E-state index contributed by atoms with van der Waals surface area (Å²) in [5.74, 6) is -1.26. The third-order valence-corrected chi connectivity index (χ3v) is 3.45. The zero-order chi connectivity index (χ0) is 16.6. The van der Waals surface area contributed by atoms with Crippen LogP contribution >= 0.6 is 0 Å². The Bertz CT molecular complexity index is 909. The highest BCUT2D eigenvalue weighted by Crippen LogP contribution is 2.28. The monoisotopic (exact) mass is 310 g/mol. The van der Waals surface area contributed by atoms with E-state index < -0.39 is 11.9 Å². The lowest BCUT2D eigenvalue weighted by atomic mass is 10.1. The van der Waals surface area contributed by atoms with Crippen LogP contribution in [-0.4, -0.2) is 17.0 Å². The second-order valence-electron chi connectivity index (χ2n) is 5.03. The van der Waals surface area contributed by atoms with Crippen molar-refractivity contribution < 1.29 is 24.2 Å². The molecule has 6 heteroatoms. The standard InChI is InChI=1S/C17H13NO5/c1-9-15(13-8-12(19)6-7-14(13)23-9)16(20)18-11-4-2-10(3-5-11)17(21)22/h2-8,19H,1H3,(H,18,20)(H,21,22)/p-1. The Morgan fingerprint density at radius 1 is 1.13 bits per heavy atom. The van der Waals surface area contributed by atoms with Crippen LogP contribution < -0.4 is 10.4 Å². The molecule has 6 nitrogen and oxygen atoms in total. The first kappa shape index (κ1) is 14.6. The van der Waals surface area contributed by atoms with Gasteiger partial charge in [0.1, 0.15) is 11.3 Å². The van der Waals surface area contributed by atoms with Gasteiger partial charge in [-0.1, -0.05) is 12.1 Å². The van der Waals surface area contributed by atoms with Crippen LogP contribution in [0.4, 0.5) is 5.69 Å². The number of carbonyl (C=O) groups excluding carboxylic acids is 1. The van der Waals surface area contributed by atoms with E-state index >= 15 is 0 Å². The summed E-state index contributed by atoms with van der Waals surface area (Å²) in [6.45, 7) is 1.65. The first-order valence-electron chi connectivity index (χ1n) is 6.80. The minimum atomic E-state index is -1.04. The van der Waals surface area contributed by atoms with Gasteiger partial charge in [0.05, 0.1) is 11.1 Å². The molecule has 2 aromatic carbocycles. The molecule has 0 radical (unpaired) electrons. The number of aryl methyl sites for hydroxylation is 1. The lowest BCUT2D eigenvalue weighted by Gasteiger charge is -2.07. The van der Waals surface area contributed by atoms with Crippen molar-refractivity contribution in [3.63, 3.8) is 0 Å².